The smallest absolute Gasteiger partial charge is 0.259 e. The van der Waals surface area contributed by atoms with Crippen LogP contribution in [0.25, 0.3) is 0 Å². The van der Waals surface area contributed by atoms with Crippen molar-refractivity contribution in [2.24, 2.45) is 5.84 Å². The van der Waals surface area contributed by atoms with Crippen LogP contribution in [0, 0.1) is 0 Å². The molecule has 4 N–H and O–H groups in total. The van der Waals surface area contributed by atoms with Crippen molar-refractivity contribution in [2.75, 3.05) is 17.9 Å². The molecule has 1 heterocycles. The fourth-order valence-corrected chi connectivity index (χ4v) is 1.60. The zero-order valence-corrected chi connectivity index (χ0v) is 10.4. The number of carbonyl (C=O) groups is 1. The first-order valence-electron chi connectivity index (χ1n) is 5.60. The van der Waals surface area contributed by atoms with Crippen LogP contribution in [-0.2, 0) is 0 Å². The van der Waals surface area contributed by atoms with E-state index in [-0.39, 0.29) is 5.91 Å². The molecule has 0 spiro atoms. The molecule has 1 amide bonds. The number of nitrogens with zero attached hydrogens (tertiary/aromatic N) is 1. The molecule has 0 unspecified atom stereocenters. The molecule has 98 valence electrons. The SMILES string of the molecule is COc1cccc(NC(=O)c2cnccc2NN)c1. The molecule has 0 saturated heterocycles. The van der Waals surface area contributed by atoms with Gasteiger partial charge in [-0.2, -0.15) is 0 Å². The summed E-state index contributed by atoms with van der Waals surface area (Å²) in [4.78, 5) is 16.0. The molecule has 1 aromatic carbocycles. The molecule has 0 bridgehead atoms. The number of carbonyl (C=O) groups excluding carboxylic acids is 1. The number of hydrazine groups is 1. The lowest BCUT2D eigenvalue weighted by Gasteiger charge is -2.09. The van der Waals surface area contributed by atoms with E-state index in [1.165, 1.54) is 6.20 Å². The fraction of sp³-hybridized carbons (Fsp3) is 0.0769. The Morgan fingerprint density at radius 2 is 2.21 bits per heavy atom. The lowest BCUT2D eigenvalue weighted by atomic mass is 10.2. The van der Waals surface area contributed by atoms with E-state index in [0.717, 1.165) is 0 Å². The van der Waals surface area contributed by atoms with Gasteiger partial charge in [-0.05, 0) is 18.2 Å². The highest BCUT2D eigenvalue weighted by atomic mass is 16.5. The number of nitrogens with one attached hydrogen (secondary N) is 2. The van der Waals surface area contributed by atoms with Crippen molar-refractivity contribution in [3.05, 3.63) is 48.3 Å². The number of pyridine rings is 1. The largest absolute Gasteiger partial charge is 0.497 e. The van der Waals surface area contributed by atoms with Crippen LogP contribution >= 0.6 is 0 Å². The molecule has 0 radical (unpaired) electrons. The van der Waals surface area contributed by atoms with Gasteiger partial charge in [0, 0.05) is 24.1 Å². The van der Waals surface area contributed by atoms with Crippen LogP contribution in [0.2, 0.25) is 0 Å². The van der Waals surface area contributed by atoms with Crippen molar-refractivity contribution in [3.63, 3.8) is 0 Å². The maximum absolute atomic E-state index is 12.1. The molecule has 1 aromatic heterocycles. The highest BCUT2D eigenvalue weighted by Crippen LogP contribution is 2.19. The van der Waals surface area contributed by atoms with E-state index < -0.39 is 0 Å². The molecule has 19 heavy (non-hydrogen) atoms. The lowest BCUT2D eigenvalue weighted by Crippen LogP contribution is -2.17. The average molecular weight is 258 g/mol. The second kappa shape index (κ2) is 5.83. The van der Waals surface area contributed by atoms with Crippen LogP contribution in [0.3, 0.4) is 0 Å². The standard InChI is InChI=1S/C13H14N4O2/c1-19-10-4-2-3-9(7-10)16-13(18)11-8-15-6-5-12(11)17-14/h2-8H,14H2,1H3,(H,15,17)(H,16,18). The van der Waals surface area contributed by atoms with Gasteiger partial charge < -0.3 is 15.5 Å². The van der Waals surface area contributed by atoms with Crippen molar-refractivity contribution < 1.29 is 9.53 Å². The van der Waals surface area contributed by atoms with Gasteiger partial charge in [0.05, 0.1) is 18.4 Å². The molecule has 0 aliphatic heterocycles. The summed E-state index contributed by atoms with van der Waals surface area (Å²) in [5, 5.41) is 2.75. The van der Waals surface area contributed by atoms with E-state index in [1.54, 1.807) is 43.6 Å². The summed E-state index contributed by atoms with van der Waals surface area (Å²) in [5.74, 6) is 5.72. The number of nitrogen functional groups attached to an aromatic ring is 1. The molecule has 0 saturated carbocycles. The first-order valence-corrected chi connectivity index (χ1v) is 5.60. The first kappa shape index (κ1) is 12.8. The third-order valence-electron chi connectivity index (χ3n) is 2.55. The second-order valence-electron chi connectivity index (χ2n) is 3.75. The van der Waals surface area contributed by atoms with Gasteiger partial charge in [0.1, 0.15) is 5.75 Å². The number of benzene rings is 1. The number of rotatable bonds is 4. The summed E-state index contributed by atoms with van der Waals surface area (Å²) in [6, 6.07) is 8.71. The quantitative estimate of drug-likeness (QED) is 0.573. The zero-order valence-electron chi connectivity index (χ0n) is 10.4. The minimum atomic E-state index is -0.297. The maximum Gasteiger partial charge on any atom is 0.259 e. The van der Waals surface area contributed by atoms with Crippen LogP contribution in [0.1, 0.15) is 10.4 Å². The number of methoxy groups -OCH3 is 1. The Hall–Kier alpha value is -2.60. The number of ether oxygens (including phenoxy) is 1. The Labute approximate surface area is 110 Å². The van der Waals surface area contributed by atoms with Crippen LogP contribution < -0.4 is 21.3 Å². The molecule has 2 aromatic rings. The predicted octanol–water partition coefficient (Wildman–Crippen LogP) is 1.63. The number of aromatic nitrogens is 1. The van der Waals surface area contributed by atoms with Gasteiger partial charge in [-0.1, -0.05) is 6.07 Å². The molecule has 0 atom stereocenters. The highest BCUT2D eigenvalue weighted by Gasteiger charge is 2.11. The predicted molar refractivity (Wildman–Crippen MR) is 73.0 cm³/mol. The molecule has 6 heteroatoms. The topological polar surface area (TPSA) is 89.3 Å². The Bertz CT molecular complexity index is 586. The van der Waals surface area contributed by atoms with Crippen molar-refractivity contribution in [1.82, 2.24) is 4.98 Å². The normalized spacial score (nSPS) is 9.79. The Morgan fingerprint density at radius 1 is 1.37 bits per heavy atom. The number of amides is 1. The van der Waals surface area contributed by atoms with Crippen LogP contribution in [-0.4, -0.2) is 18.0 Å². The van der Waals surface area contributed by atoms with E-state index in [9.17, 15) is 4.79 Å². The molecule has 0 fully saturated rings. The number of anilines is 2. The number of nitrogens with two attached hydrogens (primary N) is 1. The van der Waals surface area contributed by atoms with Gasteiger partial charge in [-0.25, -0.2) is 0 Å². The molecule has 6 nitrogen and oxygen atoms in total. The maximum atomic E-state index is 12.1. The Morgan fingerprint density at radius 3 is 2.95 bits per heavy atom. The summed E-state index contributed by atoms with van der Waals surface area (Å²) in [6.45, 7) is 0. The Kier molecular flexibility index (Phi) is 3.94. The third-order valence-corrected chi connectivity index (χ3v) is 2.55. The molecule has 0 aliphatic rings. The zero-order chi connectivity index (χ0) is 13.7. The summed E-state index contributed by atoms with van der Waals surface area (Å²) >= 11 is 0. The number of hydrogen-bond donors (Lipinski definition) is 3. The molecular formula is C13H14N4O2. The first-order chi connectivity index (χ1) is 9.24. The van der Waals surface area contributed by atoms with Gasteiger partial charge in [-0.3, -0.25) is 15.6 Å². The van der Waals surface area contributed by atoms with Gasteiger partial charge in [-0.15, -0.1) is 0 Å². The van der Waals surface area contributed by atoms with Crippen LogP contribution in [0.15, 0.2) is 42.7 Å². The summed E-state index contributed by atoms with van der Waals surface area (Å²) in [5.41, 5.74) is 3.97. The van der Waals surface area contributed by atoms with E-state index in [4.69, 9.17) is 10.6 Å². The van der Waals surface area contributed by atoms with Crippen molar-refractivity contribution in [2.45, 2.75) is 0 Å². The van der Waals surface area contributed by atoms with Crippen LogP contribution in [0.5, 0.6) is 5.75 Å². The third kappa shape index (κ3) is 2.99. The minimum absolute atomic E-state index is 0.297. The molecule has 0 aliphatic carbocycles. The Balaban J connectivity index is 2.20. The van der Waals surface area contributed by atoms with Crippen molar-refractivity contribution in [3.8, 4) is 5.75 Å². The second-order valence-corrected chi connectivity index (χ2v) is 3.75. The van der Waals surface area contributed by atoms with Crippen LogP contribution in [0.4, 0.5) is 11.4 Å². The molecule has 2 rings (SSSR count). The average Bonchev–Trinajstić information content (AvgIpc) is 2.47. The number of hydrogen-bond acceptors (Lipinski definition) is 5. The van der Waals surface area contributed by atoms with Gasteiger partial charge in [0.2, 0.25) is 0 Å². The summed E-state index contributed by atoms with van der Waals surface area (Å²) < 4.78 is 5.09. The van der Waals surface area contributed by atoms with Crippen molar-refractivity contribution in [1.29, 1.82) is 0 Å². The van der Waals surface area contributed by atoms with E-state index >= 15 is 0 Å². The van der Waals surface area contributed by atoms with Gasteiger partial charge >= 0.3 is 0 Å². The monoisotopic (exact) mass is 258 g/mol. The van der Waals surface area contributed by atoms with E-state index in [1.807, 2.05) is 0 Å². The van der Waals surface area contributed by atoms with E-state index in [2.05, 4.69) is 15.7 Å². The molecular weight excluding hydrogens is 244 g/mol. The highest BCUT2D eigenvalue weighted by molar-refractivity contribution is 6.07. The fourth-order valence-electron chi connectivity index (χ4n) is 1.60. The van der Waals surface area contributed by atoms with Gasteiger partial charge in [0.15, 0.2) is 0 Å². The summed E-state index contributed by atoms with van der Waals surface area (Å²) in [6.07, 6.45) is 3.00. The minimum Gasteiger partial charge on any atom is -0.497 e. The van der Waals surface area contributed by atoms with Gasteiger partial charge in [0.25, 0.3) is 5.91 Å². The van der Waals surface area contributed by atoms with E-state index in [0.29, 0.717) is 22.7 Å². The summed E-state index contributed by atoms with van der Waals surface area (Å²) in [7, 11) is 1.57. The van der Waals surface area contributed by atoms with Crippen molar-refractivity contribution >= 4 is 17.3 Å². The lowest BCUT2D eigenvalue weighted by molar-refractivity contribution is 0.102.